The predicted octanol–water partition coefficient (Wildman–Crippen LogP) is 7.44. The van der Waals surface area contributed by atoms with E-state index in [4.69, 9.17) is 9.47 Å². The van der Waals surface area contributed by atoms with E-state index < -0.39 is 12.2 Å². The van der Waals surface area contributed by atoms with Gasteiger partial charge in [-0.25, -0.2) is 9.59 Å². The summed E-state index contributed by atoms with van der Waals surface area (Å²) in [6.45, 7) is 8.44. The van der Waals surface area contributed by atoms with Crippen LogP contribution in [0.3, 0.4) is 0 Å². The van der Waals surface area contributed by atoms with Crippen LogP contribution in [0.25, 0.3) is 6.08 Å². The molecule has 40 heavy (non-hydrogen) atoms. The Bertz CT molecular complexity index is 1440. The highest BCUT2D eigenvalue weighted by Gasteiger charge is 2.63. The van der Waals surface area contributed by atoms with Crippen molar-refractivity contribution in [2.24, 2.45) is 23.7 Å². The van der Waals surface area contributed by atoms with E-state index in [2.05, 4.69) is 44.7 Å². The third kappa shape index (κ3) is 4.81. The van der Waals surface area contributed by atoms with E-state index in [1.54, 1.807) is 24.3 Å². The lowest BCUT2D eigenvalue weighted by Crippen LogP contribution is -2.45. The monoisotopic (exact) mass is 532 g/mol. The van der Waals surface area contributed by atoms with Crippen LogP contribution in [0, 0.1) is 23.7 Å². The minimum atomic E-state index is -0.491. The molecule has 204 valence electrons. The molecule has 4 nitrogen and oxygen atoms in total. The number of allylic oxidation sites excluding steroid dienone is 2. The third-order valence-corrected chi connectivity index (χ3v) is 8.98. The first-order chi connectivity index (χ1) is 19.4. The van der Waals surface area contributed by atoms with Gasteiger partial charge in [-0.15, -0.1) is 0 Å². The average molecular weight is 533 g/mol. The zero-order valence-electron chi connectivity index (χ0n) is 23.2. The van der Waals surface area contributed by atoms with Gasteiger partial charge in [-0.05, 0) is 83.5 Å². The summed E-state index contributed by atoms with van der Waals surface area (Å²) in [7, 11) is 0. The van der Waals surface area contributed by atoms with Crippen molar-refractivity contribution in [3.8, 4) is 0 Å². The summed E-state index contributed by atoms with van der Waals surface area (Å²) in [5, 5.41) is 0. The second-order valence-corrected chi connectivity index (χ2v) is 11.8. The Morgan fingerprint density at radius 1 is 0.875 bits per heavy atom. The number of benzene rings is 3. The highest BCUT2D eigenvalue weighted by Crippen LogP contribution is 2.63. The van der Waals surface area contributed by atoms with Crippen LogP contribution in [-0.4, -0.2) is 24.1 Å². The smallest absolute Gasteiger partial charge is 0.338 e. The molecule has 2 saturated carbocycles. The number of carbonyl (C=O) groups is 2. The molecule has 0 aliphatic heterocycles. The van der Waals surface area contributed by atoms with Crippen molar-refractivity contribution in [2.45, 2.75) is 51.2 Å². The lowest BCUT2D eigenvalue weighted by Gasteiger charge is -2.37. The number of hydrogen-bond donors (Lipinski definition) is 0. The molecule has 3 aliphatic carbocycles. The highest BCUT2D eigenvalue weighted by molar-refractivity contribution is 5.90. The molecule has 6 unspecified atom stereocenters. The number of hydrogen-bond acceptors (Lipinski definition) is 4. The summed E-state index contributed by atoms with van der Waals surface area (Å²) in [4.78, 5) is 26.5. The maximum absolute atomic E-state index is 13.3. The van der Waals surface area contributed by atoms with Crippen LogP contribution >= 0.6 is 0 Å². The van der Waals surface area contributed by atoms with Crippen molar-refractivity contribution >= 4 is 18.0 Å². The van der Waals surface area contributed by atoms with Crippen molar-refractivity contribution in [2.75, 3.05) is 0 Å². The number of rotatable bonds is 8. The fourth-order valence-electron chi connectivity index (χ4n) is 7.33. The minimum absolute atomic E-state index is 0.0941. The molecule has 0 heterocycles. The largest absolute Gasteiger partial charge is 0.455 e. The van der Waals surface area contributed by atoms with Gasteiger partial charge in [-0.3, -0.25) is 0 Å². The van der Waals surface area contributed by atoms with Crippen molar-refractivity contribution in [1.82, 2.24) is 0 Å². The molecule has 0 saturated heterocycles. The van der Waals surface area contributed by atoms with Gasteiger partial charge in [-0.1, -0.05) is 87.2 Å². The molecular formula is C36H36O4. The second-order valence-electron chi connectivity index (χ2n) is 11.8. The van der Waals surface area contributed by atoms with E-state index in [0.717, 1.165) is 24.8 Å². The van der Waals surface area contributed by atoms with E-state index in [9.17, 15) is 9.59 Å². The Hall–Kier alpha value is -3.92. The number of fused-ring (bicyclic) bond motifs is 7. The van der Waals surface area contributed by atoms with Crippen molar-refractivity contribution in [3.63, 3.8) is 0 Å². The third-order valence-electron chi connectivity index (χ3n) is 8.98. The Labute approximate surface area is 236 Å². The highest BCUT2D eigenvalue weighted by atomic mass is 16.6. The Balaban J connectivity index is 1.34. The topological polar surface area (TPSA) is 52.6 Å². The van der Waals surface area contributed by atoms with E-state index in [1.807, 2.05) is 42.5 Å². The van der Waals surface area contributed by atoms with Gasteiger partial charge in [0.05, 0.1) is 11.1 Å². The van der Waals surface area contributed by atoms with E-state index in [0.29, 0.717) is 23.0 Å². The molecule has 3 aromatic carbocycles. The summed E-state index contributed by atoms with van der Waals surface area (Å²) in [5.74, 6) is 0.631. The first-order valence-electron chi connectivity index (χ1n) is 14.4. The van der Waals surface area contributed by atoms with Gasteiger partial charge < -0.3 is 9.47 Å². The summed E-state index contributed by atoms with van der Waals surface area (Å²) in [6.07, 6.45) is 8.22. The molecule has 3 aromatic rings. The molecule has 6 rings (SSSR count). The molecule has 0 spiro atoms. The normalized spacial score (nSPS) is 26.1. The zero-order valence-corrected chi connectivity index (χ0v) is 23.2. The molecular weight excluding hydrogens is 496 g/mol. The number of ether oxygens (including phenoxy) is 2. The van der Waals surface area contributed by atoms with Crippen LogP contribution in [0.2, 0.25) is 0 Å². The SMILES string of the molecule is C=Cc1cc(C/C=C/C(C)C)c2c(c1)C1C(C2)C2CC1C(OC(=O)c1ccccc1)C2OC(=O)c1ccccc1. The molecule has 0 radical (unpaired) electrons. The van der Waals surface area contributed by atoms with Gasteiger partial charge in [0.15, 0.2) is 0 Å². The van der Waals surface area contributed by atoms with Gasteiger partial charge in [0.25, 0.3) is 0 Å². The quantitative estimate of drug-likeness (QED) is 0.223. The van der Waals surface area contributed by atoms with Crippen molar-refractivity contribution < 1.29 is 19.1 Å². The molecule has 3 aliphatic rings. The van der Waals surface area contributed by atoms with Crippen LogP contribution in [0.15, 0.2) is 91.5 Å². The fraction of sp³-hybridized carbons (Fsp3) is 0.333. The van der Waals surface area contributed by atoms with Crippen molar-refractivity contribution in [1.29, 1.82) is 0 Å². The Morgan fingerprint density at radius 2 is 1.48 bits per heavy atom. The maximum Gasteiger partial charge on any atom is 0.338 e. The molecule has 0 aromatic heterocycles. The van der Waals surface area contributed by atoms with Gasteiger partial charge in [-0.2, -0.15) is 0 Å². The molecule has 2 fully saturated rings. The number of carbonyl (C=O) groups excluding carboxylic acids is 2. The van der Waals surface area contributed by atoms with Gasteiger partial charge in [0.1, 0.15) is 12.2 Å². The van der Waals surface area contributed by atoms with Crippen LogP contribution in [-0.2, 0) is 22.3 Å². The second kappa shape index (κ2) is 10.9. The lowest BCUT2D eigenvalue weighted by atomic mass is 9.76. The summed E-state index contributed by atoms with van der Waals surface area (Å²) in [6, 6.07) is 22.7. The van der Waals surface area contributed by atoms with E-state index in [1.165, 1.54) is 16.7 Å². The first kappa shape index (κ1) is 26.3. The number of esters is 2. The summed E-state index contributed by atoms with van der Waals surface area (Å²) >= 11 is 0. The predicted molar refractivity (Wildman–Crippen MR) is 157 cm³/mol. The van der Waals surface area contributed by atoms with Gasteiger partial charge >= 0.3 is 11.9 Å². The van der Waals surface area contributed by atoms with Gasteiger partial charge in [0.2, 0.25) is 0 Å². The summed E-state index contributed by atoms with van der Waals surface area (Å²) in [5.41, 5.74) is 6.26. The fourth-order valence-corrected chi connectivity index (χ4v) is 7.33. The molecule has 0 amide bonds. The Kier molecular flexibility index (Phi) is 7.18. The molecule has 0 N–H and O–H groups in total. The minimum Gasteiger partial charge on any atom is -0.455 e. The average Bonchev–Trinajstić information content (AvgIpc) is 3.63. The molecule has 4 heteroatoms. The van der Waals surface area contributed by atoms with Crippen LogP contribution < -0.4 is 0 Å². The summed E-state index contributed by atoms with van der Waals surface area (Å²) < 4.78 is 12.4. The standard InChI is InChI=1S/C36H36O4/c1-4-23-18-26(17-11-12-22(2)3)27-20-29-30-21-31(32(29)28(27)19-23)34(40-36(38)25-15-9-6-10-16-25)33(30)39-35(37)24-13-7-5-8-14-24/h4-16,18-19,22,29-34H,1,17,20-21H2,2-3H3/b12-11+. The van der Waals surface area contributed by atoms with Crippen LogP contribution in [0.1, 0.15) is 69.2 Å². The first-order valence-corrected chi connectivity index (χ1v) is 14.4. The Morgan fingerprint density at radius 3 is 2.05 bits per heavy atom. The zero-order chi connectivity index (χ0) is 27.8. The van der Waals surface area contributed by atoms with Crippen molar-refractivity contribution in [3.05, 3.63) is 125 Å². The van der Waals surface area contributed by atoms with E-state index >= 15 is 0 Å². The van der Waals surface area contributed by atoms with Gasteiger partial charge in [0, 0.05) is 11.8 Å². The van der Waals surface area contributed by atoms with Crippen LogP contribution in [0.5, 0.6) is 0 Å². The molecule has 2 bridgehead atoms. The lowest BCUT2D eigenvalue weighted by molar-refractivity contribution is -0.0698. The van der Waals surface area contributed by atoms with Crippen LogP contribution in [0.4, 0.5) is 0 Å². The maximum atomic E-state index is 13.3. The van der Waals surface area contributed by atoms with E-state index in [-0.39, 0.29) is 29.7 Å². The molecule has 6 atom stereocenters.